The standard InChI is InChI=1S/C17H20N2O/c1-3-18-9-13-7-16(11-19-10-13)14-4-5-17-15(8-14)6-12(2)20-17/h4-5,7-8,10-12,18H,3,6,9H2,1-2H3. The third-order valence-electron chi connectivity index (χ3n) is 3.60. The Balaban J connectivity index is 1.88. The van der Waals surface area contributed by atoms with E-state index in [0.717, 1.165) is 25.3 Å². The van der Waals surface area contributed by atoms with Crippen LogP contribution in [0.1, 0.15) is 25.0 Å². The molecule has 1 N–H and O–H groups in total. The maximum Gasteiger partial charge on any atom is 0.123 e. The van der Waals surface area contributed by atoms with Gasteiger partial charge in [-0.25, -0.2) is 0 Å². The summed E-state index contributed by atoms with van der Waals surface area (Å²) in [5, 5.41) is 3.33. The lowest BCUT2D eigenvalue weighted by Crippen LogP contribution is -2.11. The van der Waals surface area contributed by atoms with Gasteiger partial charge in [0.05, 0.1) is 0 Å². The van der Waals surface area contributed by atoms with Crippen LogP contribution in [0.3, 0.4) is 0 Å². The summed E-state index contributed by atoms with van der Waals surface area (Å²) in [4.78, 5) is 4.35. The molecule has 0 amide bonds. The highest BCUT2D eigenvalue weighted by atomic mass is 16.5. The van der Waals surface area contributed by atoms with Gasteiger partial charge in [-0.05, 0) is 48.4 Å². The highest BCUT2D eigenvalue weighted by Gasteiger charge is 2.19. The predicted octanol–water partition coefficient (Wildman–Crippen LogP) is 3.18. The molecule has 1 atom stereocenters. The zero-order valence-corrected chi connectivity index (χ0v) is 12.0. The van der Waals surface area contributed by atoms with Crippen LogP contribution >= 0.6 is 0 Å². The van der Waals surface area contributed by atoms with Crippen molar-refractivity contribution in [2.75, 3.05) is 6.54 Å². The first-order valence-electron chi connectivity index (χ1n) is 7.21. The average Bonchev–Trinajstić information content (AvgIpc) is 2.84. The summed E-state index contributed by atoms with van der Waals surface area (Å²) in [6.45, 7) is 6.05. The van der Waals surface area contributed by atoms with Crippen molar-refractivity contribution in [1.29, 1.82) is 0 Å². The summed E-state index contributed by atoms with van der Waals surface area (Å²) in [6, 6.07) is 8.62. The van der Waals surface area contributed by atoms with Crippen LogP contribution in [0.4, 0.5) is 0 Å². The molecule has 0 spiro atoms. The Kier molecular flexibility index (Phi) is 3.70. The molecule has 1 aliphatic heterocycles. The zero-order valence-electron chi connectivity index (χ0n) is 12.0. The zero-order chi connectivity index (χ0) is 13.9. The Morgan fingerprint density at radius 1 is 1.25 bits per heavy atom. The second-order valence-electron chi connectivity index (χ2n) is 5.32. The van der Waals surface area contributed by atoms with Gasteiger partial charge in [0.1, 0.15) is 11.9 Å². The first kappa shape index (κ1) is 13.1. The van der Waals surface area contributed by atoms with Crippen LogP contribution in [0.2, 0.25) is 0 Å². The number of hydrogen-bond acceptors (Lipinski definition) is 3. The van der Waals surface area contributed by atoms with Crippen molar-refractivity contribution in [3.8, 4) is 16.9 Å². The van der Waals surface area contributed by atoms with Gasteiger partial charge in [0, 0.05) is 30.9 Å². The number of nitrogens with zero attached hydrogens (tertiary/aromatic N) is 1. The summed E-state index contributed by atoms with van der Waals surface area (Å²) in [6.07, 6.45) is 5.13. The lowest BCUT2D eigenvalue weighted by Gasteiger charge is -2.07. The van der Waals surface area contributed by atoms with E-state index in [1.807, 2.05) is 12.4 Å². The molecule has 1 unspecified atom stereocenters. The Morgan fingerprint density at radius 3 is 3.00 bits per heavy atom. The molecule has 0 saturated heterocycles. The smallest absolute Gasteiger partial charge is 0.123 e. The molecule has 1 aromatic carbocycles. The molecule has 2 aromatic rings. The minimum Gasteiger partial charge on any atom is -0.490 e. The number of nitrogens with one attached hydrogen (secondary N) is 1. The third kappa shape index (κ3) is 2.68. The largest absolute Gasteiger partial charge is 0.490 e. The summed E-state index contributed by atoms with van der Waals surface area (Å²) < 4.78 is 5.75. The predicted molar refractivity (Wildman–Crippen MR) is 80.8 cm³/mol. The van der Waals surface area contributed by atoms with Gasteiger partial charge in [0.15, 0.2) is 0 Å². The number of pyridine rings is 1. The van der Waals surface area contributed by atoms with Crippen molar-refractivity contribution in [2.45, 2.75) is 32.9 Å². The fraction of sp³-hybridized carbons (Fsp3) is 0.353. The van der Waals surface area contributed by atoms with E-state index in [0.29, 0.717) is 6.10 Å². The van der Waals surface area contributed by atoms with E-state index in [9.17, 15) is 0 Å². The molecule has 3 heteroatoms. The Labute approximate surface area is 120 Å². The summed E-state index contributed by atoms with van der Waals surface area (Å²) >= 11 is 0. The molecule has 20 heavy (non-hydrogen) atoms. The molecule has 0 bridgehead atoms. The molecule has 104 valence electrons. The average molecular weight is 268 g/mol. The van der Waals surface area contributed by atoms with E-state index < -0.39 is 0 Å². The van der Waals surface area contributed by atoms with Gasteiger partial charge in [0.2, 0.25) is 0 Å². The van der Waals surface area contributed by atoms with E-state index in [-0.39, 0.29) is 0 Å². The highest BCUT2D eigenvalue weighted by Crippen LogP contribution is 2.32. The molecule has 0 fully saturated rings. The van der Waals surface area contributed by atoms with Crippen molar-refractivity contribution >= 4 is 0 Å². The van der Waals surface area contributed by atoms with Crippen LogP contribution in [-0.4, -0.2) is 17.6 Å². The molecule has 3 rings (SSSR count). The molecule has 0 radical (unpaired) electrons. The fourth-order valence-electron chi connectivity index (χ4n) is 2.61. The van der Waals surface area contributed by atoms with Crippen molar-refractivity contribution in [3.63, 3.8) is 0 Å². The number of fused-ring (bicyclic) bond motifs is 1. The molecular weight excluding hydrogens is 248 g/mol. The van der Waals surface area contributed by atoms with Crippen LogP contribution in [0.25, 0.3) is 11.1 Å². The van der Waals surface area contributed by atoms with Gasteiger partial charge in [-0.3, -0.25) is 4.98 Å². The van der Waals surface area contributed by atoms with E-state index in [2.05, 4.69) is 48.4 Å². The lowest BCUT2D eigenvalue weighted by atomic mass is 10.0. The van der Waals surface area contributed by atoms with Gasteiger partial charge in [0.25, 0.3) is 0 Å². The molecule has 1 aromatic heterocycles. The Hall–Kier alpha value is -1.87. The normalized spacial score (nSPS) is 16.8. The first-order chi connectivity index (χ1) is 9.76. The topological polar surface area (TPSA) is 34.2 Å². The van der Waals surface area contributed by atoms with E-state index in [4.69, 9.17) is 4.74 Å². The Morgan fingerprint density at radius 2 is 2.15 bits per heavy atom. The van der Waals surface area contributed by atoms with Crippen LogP contribution in [-0.2, 0) is 13.0 Å². The number of benzene rings is 1. The van der Waals surface area contributed by atoms with Crippen molar-refractivity contribution in [2.24, 2.45) is 0 Å². The number of hydrogen-bond donors (Lipinski definition) is 1. The Bertz CT molecular complexity index is 610. The molecule has 3 nitrogen and oxygen atoms in total. The van der Waals surface area contributed by atoms with Crippen molar-refractivity contribution in [1.82, 2.24) is 10.3 Å². The van der Waals surface area contributed by atoms with Crippen molar-refractivity contribution in [3.05, 3.63) is 47.8 Å². The van der Waals surface area contributed by atoms with E-state index in [1.54, 1.807) is 0 Å². The van der Waals surface area contributed by atoms with Gasteiger partial charge in [-0.1, -0.05) is 13.0 Å². The molecule has 2 heterocycles. The molecule has 0 aliphatic carbocycles. The molecule has 1 aliphatic rings. The molecular formula is C17H20N2O. The lowest BCUT2D eigenvalue weighted by molar-refractivity contribution is 0.254. The van der Waals surface area contributed by atoms with Crippen LogP contribution in [0, 0.1) is 0 Å². The van der Waals surface area contributed by atoms with E-state index >= 15 is 0 Å². The monoisotopic (exact) mass is 268 g/mol. The van der Waals surface area contributed by atoms with Gasteiger partial charge in [-0.2, -0.15) is 0 Å². The van der Waals surface area contributed by atoms with Gasteiger partial charge < -0.3 is 10.1 Å². The van der Waals surface area contributed by atoms with E-state index in [1.165, 1.54) is 22.3 Å². The SMILES string of the molecule is CCNCc1cncc(-c2ccc3c(c2)CC(C)O3)c1. The minimum atomic E-state index is 0.290. The molecule has 0 saturated carbocycles. The number of rotatable bonds is 4. The maximum absolute atomic E-state index is 5.75. The van der Waals surface area contributed by atoms with Crippen LogP contribution < -0.4 is 10.1 Å². The number of aromatic nitrogens is 1. The van der Waals surface area contributed by atoms with Crippen LogP contribution in [0.15, 0.2) is 36.7 Å². The summed E-state index contributed by atoms with van der Waals surface area (Å²) in [5.41, 5.74) is 4.90. The maximum atomic E-state index is 5.75. The fourth-order valence-corrected chi connectivity index (χ4v) is 2.61. The summed E-state index contributed by atoms with van der Waals surface area (Å²) in [7, 11) is 0. The first-order valence-corrected chi connectivity index (χ1v) is 7.21. The third-order valence-corrected chi connectivity index (χ3v) is 3.60. The van der Waals surface area contributed by atoms with Gasteiger partial charge >= 0.3 is 0 Å². The van der Waals surface area contributed by atoms with Gasteiger partial charge in [-0.15, -0.1) is 0 Å². The quantitative estimate of drug-likeness (QED) is 0.924. The summed E-state index contributed by atoms with van der Waals surface area (Å²) in [5.74, 6) is 1.03. The minimum absolute atomic E-state index is 0.290. The number of ether oxygens (including phenoxy) is 1. The van der Waals surface area contributed by atoms with Crippen LogP contribution in [0.5, 0.6) is 5.75 Å². The van der Waals surface area contributed by atoms with Crippen molar-refractivity contribution < 1.29 is 4.74 Å². The second-order valence-corrected chi connectivity index (χ2v) is 5.32. The highest BCUT2D eigenvalue weighted by molar-refractivity contribution is 5.66. The second kappa shape index (κ2) is 5.63.